The van der Waals surface area contributed by atoms with E-state index in [2.05, 4.69) is 14.8 Å². The fraction of sp³-hybridized carbons (Fsp3) is 0.0909. The van der Waals surface area contributed by atoms with Gasteiger partial charge in [-0.05, 0) is 60.1 Å². The molecular formula is C33H25N5O7S. The number of methoxy groups -OCH3 is 3. The molecule has 0 unspecified atom stereocenters. The molecule has 0 saturated heterocycles. The topological polar surface area (TPSA) is 152 Å². The number of carbonyl (C=O) groups is 1. The number of hydrogen-bond acceptors (Lipinski definition) is 11. The summed E-state index contributed by atoms with van der Waals surface area (Å²) in [6.07, 6.45) is 0. The van der Waals surface area contributed by atoms with Crippen LogP contribution in [0.25, 0.3) is 44.5 Å². The van der Waals surface area contributed by atoms with Gasteiger partial charge in [-0.3, -0.25) is 14.9 Å². The molecule has 13 heteroatoms. The monoisotopic (exact) mass is 635 g/mol. The summed E-state index contributed by atoms with van der Waals surface area (Å²) in [4.78, 5) is 27.6. The van der Waals surface area contributed by atoms with Crippen LogP contribution < -0.4 is 19.5 Å². The van der Waals surface area contributed by atoms with E-state index in [1.807, 2.05) is 42.5 Å². The van der Waals surface area contributed by atoms with Gasteiger partial charge in [0.2, 0.25) is 5.75 Å². The quantitative estimate of drug-likeness (QED) is 0.119. The third-order valence-electron chi connectivity index (χ3n) is 7.05. The molecule has 4 aromatic carbocycles. The maximum Gasteiger partial charge on any atom is 0.269 e. The van der Waals surface area contributed by atoms with Crippen molar-refractivity contribution in [3.05, 3.63) is 107 Å². The summed E-state index contributed by atoms with van der Waals surface area (Å²) in [5.41, 5.74) is 4.74. The predicted molar refractivity (Wildman–Crippen MR) is 172 cm³/mol. The van der Waals surface area contributed by atoms with Gasteiger partial charge in [-0.1, -0.05) is 29.4 Å². The van der Waals surface area contributed by atoms with Crippen LogP contribution in [0.5, 0.6) is 17.2 Å². The zero-order chi connectivity index (χ0) is 32.2. The van der Waals surface area contributed by atoms with Crippen molar-refractivity contribution in [3.63, 3.8) is 0 Å². The van der Waals surface area contributed by atoms with Gasteiger partial charge in [-0.15, -0.1) is 0 Å². The molecule has 0 fully saturated rings. The maximum absolute atomic E-state index is 12.5. The largest absolute Gasteiger partial charge is 0.493 e. The Kier molecular flexibility index (Phi) is 8.39. The summed E-state index contributed by atoms with van der Waals surface area (Å²) in [5.74, 6) is 2.27. The van der Waals surface area contributed by atoms with E-state index < -0.39 is 4.92 Å². The van der Waals surface area contributed by atoms with Crippen LogP contribution in [0.1, 0.15) is 10.4 Å². The molecule has 2 aromatic heterocycles. The summed E-state index contributed by atoms with van der Waals surface area (Å²) < 4.78 is 26.5. The number of amides is 1. The number of benzene rings is 4. The van der Waals surface area contributed by atoms with E-state index in [0.717, 1.165) is 27.3 Å². The third kappa shape index (κ3) is 6.12. The summed E-state index contributed by atoms with van der Waals surface area (Å²) in [6, 6.07) is 25.8. The van der Waals surface area contributed by atoms with Gasteiger partial charge in [-0.2, -0.15) is 4.37 Å². The standard InChI is InChI=1S/C33H25N5O7S/c1-42-28-16-23(17-29(43-2)30(28)44-3)27-18-26(36-45-27)19-4-6-20(7-5-19)31-35-33(46-37-31)22-8-12-24(13-9-22)34-32(39)21-10-14-25(15-11-21)38(40)41/h4-18H,1-3H3,(H,34,39). The van der Waals surface area contributed by atoms with Crippen LogP contribution in [-0.4, -0.2) is 46.7 Å². The molecular weight excluding hydrogens is 610 g/mol. The number of aromatic nitrogens is 3. The molecule has 0 aliphatic carbocycles. The van der Waals surface area contributed by atoms with Crippen LogP contribution in [0.3, 0.4) is 0 Å². The van der Waals surface area contributed by atoms with Crippen LogP contribution in [0.4, 0.5) is 11.4 Å². The van der Waals surface area contributed by atoms with Gasteiger partial charge >= 0.3 is 0 Å². The number of rotatable bonds is 10. The highest BCUT2D eigenvalue weighted by molar-refractivity contribution is 7.09. The smallest absolute Gasteiger partial charge is 0.269 e. The van der Waals surface area contributed by atoms with Crippen LogP contribution in [0.2, 0.25) is 0 Å². The maximum atomic E-state index is 12.5. The van der Waals surface area contributed by atoms with Crippen molar-refractivity contribution in [1.29, 1.82) is 0 Å². The van der Waals surface area contributed by atoms with E-state index in [9.17, 15) is 14.9 Å². The van der Waals surface area contributed by atoms with Gasteiger partial charge in [0.05, 0.1) is 26.3 Å². The lowest BCUT2D eigenvalue weighted by Gasteiger charge is -2.12. The van der Waals surface area contributed by atoms with E-state index in [0.29, 0.717) is 45.8 Å². The minimum atomic E-state index is -0.511. The number of nitrogens with one attached hydrogen (secondary N) is 1. The van der Waals surface area contributed by atoms with E-state index in [-0.39, 0.29) is 11.6 Å². The van der Waals surface area contributed by atoms with Crippen molar-refractivity contribution < 1.29 is 28.5 Å². The first kappa shape index (κ1) is 30.0. The first-order valence-electron chi connectivity index (χ1n) is 13.7. The second-order valence-corrected chi connectivity index (χ2v) is 10.6. The van der Waals surface area contributed by atoms with Crippen molar-refractivity contribution in [1.82, 2.24) is 14.5 Å². The molecule has 6 aromatic rings. The summed E-state index contributed by atoms with van der Waals surface area (Å²) in [7, 11) is 4.66. The zero-order valence-corrected chi connectivity index (χ0v) is 25.5. The SMILES string of the molecule is COc1cc(-c2cc(-c3ccc(-c4nsc(-c5ccc(NC(=O)c6ccc([N+](=O)[O-])cc6)cc5)n4)cc3)no2)cc(OC)c1OC. The number of nitro groups is 1. The summed E-state index contributed by atoms with van der Waals surface area (Å²) in [5, 5.41) is 18.6. The first-order valence-corrected chi connectivity index (χ1v) is 14.5. The molecule has 0 atom stereocenters. The van der Waals surface area contributed by atoms with Gasteiger partial charge in [0.1, 0.15) is 10.7 Å². The number of hydrogen-bond donors (Lipinski definition) is 1. The van der Waals surface area contributed by atoms with Crippen LogP contribution in [-0.2, 0) is 0 Å². The van der Waals surface area contributed by atoms with Crippen LogP contribution in [0.15, 0.2) is 95.5 Å². The van der Waals surface area contributed by atoms with Crippen molar-refractivity contribution in [2.45, 2.75) is 0 Å². The van der Waals surface area contributed by atoms with E-state index in [4.69, 9.17) is 23.7 Å². The molecule has 6 rings (SSSR count). The number of nitro benzene ring substituents is 1. The lowest BCUT2D eigenvalue weighted by atomic mass is 10.1. The Morgan fingerprint density at radius 3 is 2.04 bits per heavy atom. The summed E-state index contributed by atoms with van der Waals surface area (Å²) in [6.45, 7) is 0. The number of ether oxygens (including phenoxy) is 3. The second kappa shape index (κ2) is 12.9. The normalized spacial score (nSPS) is 10.8. The van der Waals surface area contributed by atoms with Gasteiger partial charge in [0, 0.05) is 51.7 Å². The van der Waals surface area contributed by atoms with E-state index in [1.54, 1.807) is 45.6 Å². The Bertz CT molecular complexity index is 2000. The molecule has 230 valence electrons. The Morgan fingerprint density at radius 2 is 1.43 bits per heavy atom. The molecule has 0 radical (unpaired) electrons. The van der Waals surface area contributed by atoms with E-state index in [1.165, 1.54) is 35.8 Å². The minimum absolute atomic E-state index is 0.0778. The second-order valence-electron chi connectivity index (χ2n) is 9.83. The predicted octanol–water partition coefficient (Wildman–Crippen LogP) is 7.38. The van der Waals surface area contributed by atoms with Crippen LogP contribution >= 0.6 is 11.5 Å². The highest BCUT2D eigenvalue weighted by Crippen LogP contribution is 2.42. The van der Waals surface area contributed by atoms with E-state index >= 15 is 0 Å². The average molecular weight is 636 g/mol. The first-order chi connectivity index (χ1) is 22.4. The molecule has 1 amide bonds. The van der Waals surface area contributed by atoms with Crippen LogP contribution in [0, 0.1) is 10.1 Å². The minimum Gasteiger partial charge on any atom is -0.493 e. The van der Waals surface area contributed by atoms with Crippen molar-refractivity contribution in [2.24, 2.45) is 0 Å². The molecule has 2 heterocycles. The highest BCUT2D eigenvalue weighted by atomic mass is 32.1. The summed E-state index contributed by atoms with van der Waals surface area (Å²) >= 11 is 1.27. The Balaban J connectivity index is 1.13. The number of anilines is 1. The molecule has 0 aliphatic heterocycles. The average Bonchev–Trinajstić information content (AvgIpc) is 3.79. The molecule has 0 bridgehead atoms. The number of non-ortho nitro benzene ring substituents is 1. The number of nitrogens with zero attached hydrogens (tertiary/aromatic N) is 4. The van der Waals surface area contributed by atoms with Gasteiger partial charge < -0.3 is 24.1 Å². The van der Waals surface area contributed by atoms with Crippen molar-refractivity contribution in [3.8, 4) is 61.8 Å². The fourth-order valence-electron chi connectivity index (χ4n) is 4.65. The highest BCUT2D eigenvalue weighted by Gasteiger charge is 2.18. The van der Waals surface area contributed by atoms with Gasteiger partial charge in [-0.25, -0.2) is 4.98 Å². The molecule has 0 aliphatic rings. The molecule has 1 N–H and O–H groups in total. The Hall–Kier alpha value is -6.08. The molecule has 0 spiro atoms. The zero-order valence-electron chi connectivity index (χ0n) is 24.7. The third-order valence-corrected chi connectivity index (χ3v) is 7.82. The number of carbonyl (C=O) groups excluding carboxylic acids is 1. The van der Waals surface area contributed by atoms with Gasteiger partial charge in [0.25, 0.3) is 11.6 Å². The lowest BCUT2D eigenvalue weighted by molar-refractivity contribution is -0.384. The van der Waals surface area contributed by atoms with Crippen molar-refractivity contribution in [2.75, 3.05) is 26.6 Å². The Labute approximate surface area is 266 Å². The molecule has 0 saturated carbocycles. The Morgan fingerprint density at radius 1 is 0.804 bits per heavy atom. The van der Waals surface area contributed by atoms with Crippen molar-refractivity contribution >= 4 is 28.8 Å². The molecule has 12 nitrogen and oxygen atoms in total. The molecule has 46 heavy (non-hydrogen) atoms. The fourth-order valence-corrected chi connectivity index (χ4v) is 5.34. The lowest BCUT2D eigenvalue weighted by Crippen LogP contribution is -2.11. The van der Waals surface area contributed by atoms with Gasteiger partial charge in [0.15, 0.2) is 23.1 Å².